The molecular formula is C29H28O10S2. The van der Waals surface area contributed by atoms with Crippen molar-refractivity contribution in [3.63, 3.8) is 0 Å². The zero-order chi connectivity index (χ0) is 31.4. The lowest BCUT2D eigenvalue weighted by Gasteiger charge is -2.11. The molecule has 0 radical (unpaired) electrons. The summed E-state index contributed by atoms with van der Waals surface area (Å²) >= 11 is 0. The fraction of sp³-hybridized carbons (Fsp3) is 0.241. The molecule has 2 rings (SSSR count). The first-order valence-electron chi connectivity index (χ1n) is 12.0. The number of carbonyl (C=O) groups excluding carboxylic acids is 6. The lowest BCUT2D eigenvalue weighted by molar-refractivity contribution is 0.0967. The van der Waals surface area contributed by atoms with Gasteiger partial charge in [-0.3, -0.25) is 28.8 Å². The number of Topliss-reactive ketones (excluding diaryl/α,β-unsaturated/α-hetero) is 6. The van der Waals surface area contributed by atoms with Crippen LogP contribution in [0.5, 0.6) is 0 Å². The van der Waals surface area contributed by atoms with Crippen LogP contribution in [0, 0.1) is 0 Å². The Morgan fingerprint density at radius 1 is 0.488 bits per heavy atom. The lowest BCUT2D eigenvalue weighted by atomic mass is 9.91. The second-order valence-electron chi connectivity index (χ2n) is 9.37. The summed E-state index contributed by atoms with van der Waals surface area (Å²) in [5.74, 6) is -3.16. The first kappa shape index (κ1) is 33.0. The van der Waals surface area contributed by atoms with E-state index in [2.05, 4.69) is 0 Å². The van der Waals surface area contributed by atoms with Gasteiger partial charge in [-0.05, 0) is 89.1 Å². The predicted octanol–water partition coefficient (Wildman–Crippen LogP) is 4.33. The number of hydrogen-bond donors (Lipinski definition) is 0. The van der Waals surface area contributed by atoms with Crippen molar-refractivity contribution < 1.29 is 45.6 Å². The van der Waals surface area contributed by atoms with Crippen molar-refractivity contribution in [2.45, 2.75) is 41.5 Å². The number of hydrogen-bond acceptors (Lipinski definition) is 10. The average Bonchev–Trinajstić information content (AvgIpc) is 2.84. The van der Waals surface area contributed by atoms with Gasteiger partial charge in [0.25, 0.3) is 0 Å². The highest BCUT2D eigenvalue weighted by atomic mass is 32.3. The molecule has 0 spiro atoms. The lowest BCUT2D eigenvalue weighted by Crippen LogP contribution is -2.13. The Labute approximate surface area is 238 Å². The maximum Gasteiger partial charge on any atom is 0.186 e. The monoisotopic (exact) mass is 600 g/mol. The largest absolute Gasteiger partial charge is 0.294 e. The van der Waals surface area contributed by atoms with Crippen LogP contribution in [0.3, 0.4) is 0 Å². The number of benzene rings is 2. The summed E-state index contributed by atoms with van der Waals surface area (Å²) in [5, 5.41) is -0.126. The van der Waals surface area contributed by atoms with Crippen LogP contribution in [-0.4, -0.2) is 56.6 Å². The van der Waals surface area contributed by atoms with Crippen LogP contribution in [0.1, 0.15) is 115 Å². The molecule has 41 heavy (non-hydrogen) atoms. The molecule has 0 aliphatic heterocycles. The summed E-state index contributed by atoms with van der Waals surface area (Å²) in [5.41, 5.74) is -0.328. The van der Waals surface area contributed by atoms with Crippen molar-refractivity contribution in [3.8, 4) is 0 Å². The van der Waals surface area contributed by atoms with E-state index in [9.17, 15) is 45.6 Å². The standard InChI is InChI=1S/C29H28O10S2/c1-16(30)24-11-22(12-25(17(2)31)28(24)20(5)34)7-9-40(36,37)15-41(38,39)10-8-23-13-26(18(3)32)29(21(6)35)27(14-23)19(4)33/h7-14H,15H2,1-6H3/b9-7+,10-8+. The molecule has 0 saturated carbocycles. The minimum atomic E-state index is -4.41. The van der Waals surface area contributed by atoms with Crippen molar-refractivity contribution in [1.29, 1.82) is 0 Å². The highest BCUT2D eigenvalue weighted by molar-refractivity contribution is 8.10. The summed E-state index contributed by atoms with van der Waals surface area (Å²) in [6.45, 7) is 7.10. The van der Waals surface area contributed by atoms with Crippen LogP contribution < -0.4 is 0 Å². The zero-order valence-electron chi connectivity index (χ0n) is 23.2. The molecule has 2 aromatic rings. The molecule has 0 aliphatic carbocycles. The van der Waals surface area contributed by atoms with Gasteiger partial charge in [0.2, 0.25) is 0 Å². The Balaban J connectivity index is 2.47. The van der Waals surface area contributed by atoms with Crippen LogP contribution in [0.4, 0.5) is 0 Å². The van der Waals surface area contributed by atoms with Crippen molar-refractivity contribution in [2.24, 2.45) is 0 Å². The van der Waals surface area contributed by atoms with Gasteiger partial charge in [-0.15, -0.1) is 0 Å². The topological polar surface area (TPSA) is 171 Å². The average molecular weight is 601 g/mol. The fourth-order valence-electron chi connectivity index (χ4n) is 4.06. The van der Waals surface area contributed by atoms with Crippen molar-refractivity contribution in [3.05, 3.63) is 79.6 Å². The van der Waals surface area contributed by atoms with E-state index in [0.29, 0.717) is 10.8 Å². The fourth-order valence-corrected chi connectivity index (χ4v) is 7.25. The molecule has 0 heterocycles. The van der Waals surface area contributed by atoms with Gasteiger partial charge < -0.3 is 0 Å². The highest BCUT2D eigenvalue weighted by Gasteiger charge is 2.22. The van der Waals surface area contributed by atoms with E-state index in [1.807, 2.05) is 0 Å². The molecule has 0 N–H and O–H groups in total. The quantitative estimate of drug-likeness (QED) is 0.319. The predicted molar refractivity (Wildman–Crippen MR) is 154 cm³/mol. The molecule has 0 atom stereocenters. The van der Waals surface area contributed by atoms with E-state index in [0.717, 1.165) is 12.2 Å². The Bertz CT molecular complexity index is 1590. The van der Waals surface area contributed by atoms with Crippen molar-refractivity contribution >= 4 is 66.5 Å². The van der Waals surface area contributed by atoms with Gasteiger partial charge in [-0.1, -0.05) is 0 Å². The van der Waals surface area contributed by atoms with Crippen molar-refractivity contribution in [2.75, 3.05) is 5.08 Å². The van der Waals surface area contributed by atoms with Crippen molar-refractivity contribution in [1.82, 2.24) is 0 Å². The number of carbonyl (C=O) groups is 6. The molecular weight excluding hydrogens is 572 g/mol. The van der Waals surface area contributed by atoms with Crippen LogP contribution in [-0.2, 0) is 19.7 Å². The highest BCUT2D eigenvalue weighted by Crippen LogP contribution is 2.23. The van der Waals surface area contributed by atoms with E-state index < -0.39 is 59.5 Å². The van der Waals surface area contributed by atoms with Crippen LogP contribution >= 0.6 is 0 Å². The third kappa shape index (κ3) is 8.41. The SMILES string of the molecule is CC(=O)c1cc(/C=C/S(=O)(=O)CS(=O)(=O)/C=C/c2cc(C(C)=O)c(C(C)=O)c(C(C)=O)c2)cc(C(C)=O)c1C(C)=O. The minimum Gasteiger partial charge on any atom is -0.294 e. The maximum atomic E-state index is 12.6. The van der Waals surface area contributed by atoms with Gasteiger partial charge in [0.15, 0.2) is 59.5 Å². The second kappa shape index (κ2) is 12.6. The molecule has 0 amide bonds. The number of ketones is 6. The Hall–Kier alpha value is -4.16. The Kier molecular flexibility index (Phi) is 10.1. The molecule has 216 valence electrons. The van der Waals surface area contributed by atoms with Gasteiger partial charge >= 0.3 is 0 Å². The van der Waals surface area contributed by atoms with Gasteiger partial charge in [0.05, 0.1) is 0 Å². The first-order chi connectivity index (χ1) is 18.8. The second-order valence-corrected chi connectivity index (χ2v) is 13.5. The molecule has 0 aliphatic rings. The molecule has 0 fully saturated rings. The summed E-state index contributed by atoms with van der Waals surface area (Å²) in [7, 11) is -8.81. The normalized spacial score (nSPS) is 12.0. The van der Waals surface area contributed by atoms with Crippen LogP contribution in [0.2, 0.25) is 0 Å². The minimum absolute atomic E-state index is 0.0801. The maximum absolute atomic E-state index is 12.6. The summed E-state index contributed by atoms with van der Waals surface area (Å²) in [6, 6.07) is 4.93. The third-order valence-electron chi connectivity index (χ3n) is 5.81. The summed E-state index contributed by atoms with van der Waals surface area (Å²) < 4.78 is 50.5. The van der Waals surface area contributed by atoms with E-state index >= 15 is 0 Å². The van der Waals surface area contributed by atoms with Gasteiger partial charge in [-0.2, -0.15) is 0 Å². The van der Waals surface area contributed by atoms with Gasteiger partial charge in [0.1, 0.15) is 0 Å². The van der Waals surface area contributed by atoms with E-state index in [1.165, 1.54) is 65.8 Å². The smallest absolute Gasteiger partial charge is 0.186 e. The van der Waals surface area contributed by atoms with Gasteiger partial charge in [-0.25, -0.2) is 16.8 Å². The van der Waals surface area contributed by atoms with Gasteiger partial charge in [0, 0.05) is 44.2 Å². The van der Waals surface area contributed by atoms with Crippen LogP contribution in [0.25, 0.3) is 12.2 Å². The van der Waals surface area contributed by atoms with Crippen LogP contribution in [0.15, 0.2) is 35.1 Å². The van der Waals surface area contributed by atoms with E-state index in [-0.39, 0.29) is 44.5 Å². The molecule has 10 nitrogen and oxygen atoms in total. The Morgan fingerprint density at radius 2 is 0.732 bits per heavy atom. The van der Waals surface area contributed by atoms with E-state index in [4.69, 9.17) is 0 Å². The molecule has 12 heteroatoms. The summed E-state index contributed by atoms with van der Waals surface area (Å²) in [6.07, 6.45) is 2.02. The number of rotatable bonds is 12. The molecule has 0 bridgehead atoms. The first-order valence-corrected chi connectivity index (χ1v) is 15.4. The zero-order valence-corrected chi connectivity index (χ0v) is 24.9. The van der Waals surface area contributed by atoms with E-state index in [1.54, 1.807) is 0 Å². The molecule has 0 saturated heterocycles. The summed E-state index contributed by atoms with van der Waals surface area (Å²) in [4.78, 5) is 72.5. The Morgan fingerprint density at radius 3 is 0.927 bits per heavy atom. The number of sulfone groups is 2. The third-order valence-corrected chi connectivity index (χ3v) is 9.54. The molecule has 2 aromatic carbocycles. The molecule has 0 unspecified atom stereocenters. The molecule has 0 aromatic heterocycles.